The molecule has 0 radical (unpaired) electrons. The van der Waals surface area contributed by atoms with Crippen LogP contribution < -0.4 is 4.89 Å². The van der Waals surface area contributed by atoms with E-state index in [4.69, 9.17) is 9.84 Å². The van der Waals surface area contributed by atoms with Crippen LogP contribution in [0, 0.1) is 0 Å². The molecule has 0 saturated carbocycles. The lowest BCUT2D eigenvalue weighted by Crippen LogP contribution is -2.57. The second-order valence-electron chi connectivity index (χ2n) is 3.33. The Balaban J connectivity index is 2.17. The van der Waals surface area contributed by atoms with Gasteiger partial charge in [0.1, 0.15) is 24.4 Å². The average Bonchev–Trinajstić information content (AvgIpc) is 2.47. The maximum absolute atomic E-state index is 10.9. The molecular formula is C6H10O8P-. The van der Waals surface area contributed by atoms with E-state index in [2.05, 4.69) is 9.05 Å². The number of aliphatic hydroxyl groups is 3. The molecule has 9 heteroatoms. The van der Waals surface area contributed by atoms with Crippen molar-refractivity contribution in [3.05, 3.63) is 0 Å². The average molecular weight is 241 g/mol. The van der Waals surface area contributed by atoms with Crippen LogP contribution in [-0.2, 0) is 18.3 Å². The molecule has 2 unspecified atom stereocenters. The first kappa shape index (κ1) is 11.4. The summed E-state index contributed by atoms with van der Waals surface area (Å²) in [5.74, 6) is 0. The van der Waals surface area contributed by atoms with Gasteiger partial charge in [0.15, 0.2) is 6.29 Å². The van der Waals surface area contributed by atoms with Crippen LogP contribution in [0.15, 0.2) is 0 Å². The van der Waals surface area contributed by atoms with Crippen LogP contribution in [0.5, 0.6) is 0 Å². The minimum Gasteiger partial charge on any atom is -0.756 e. The molecule has 2 aliphatic heterocycles. The first-order chi connectivity index (χ1) is 6.94. The second-order valence-corrected chi connectivity index (χ2v) is 4.65. The Morgan fingerprint density at radius 2 is 1.93 bits per heavy atom. The standard InChI is InChI=1S/C6H11O8P/c7-1-2-3(8)4(9)5-6(12-2)14-15(10,11)13-5/h2-9H,1H2,(H,10,11)/p-1/t2-,3-,4+,5-,6?/m1/s1. The van der Waals surface area contributed by atoms with Gasteiger partial charge in [-0.3, -0.25) is 9.09 Å². The van der Waals surface area contributed by atoms with E-state index >= 15 is 0 Å². The summed E-state index contributed by atoms with van der Waals surface area (Å²) in [6.45, 7) is -0.562. The molecule has 2 heterocycles. The van der Waals surface area contributed by atoms with Gasteiger partial charge in [-0.1, -0.05) is 0 Å². The Kier molecular flexibility index (Phi) is 2.87. The van der Waals surface area contributed by atoms with Crippen molar-refractivity contribution in [3.8, 4) is 0 Å². The monoisotopic (exact) mass is 241 g/mol. The Hall–Kier alpha value is -0.0500. The normalized spacial score (nSPS) is 55.3. The van der Waals surface area contributed by atoms with Crippen molar-refractivity contribution in [1.82, 2.24) is 0 Å². The minimum absolute atomic E-state index is 0.562. The van der Waals surface area contributed by atoms with E-state index in [0.717, 1.165) is 0 Å². The molecule has 8 nitrogen and oxygen atoms in total. The van der Waals surface area contributed by atoms with E-state index < -0.39 is 45.1 Å². The first-order valence-electron chi connectivity index (χ1n) is 4.25. The van der Waals surface area contributed by atoms with Crippen LogP contribution >= 0.6 is 7.82 Å². The SMILES string of the molecule is O=P1([O-])OC2O[C@H](CO)[C@@H](O)[C@H](O)[C@H]2O1. The molecule has 0 aromatic heterocycles. The zero-order chi connectivity index (χ0) is 11.2. The van der Waals surface area contributed by atoms with Crippen LogP contribution in [0.3, 0.4) is 0 Å². The predicted octanol–water partition coefficient (Wildman–Crippen LogP) is -2.69. The lowest BCUT2D eigenvalue weighted by atomic mass is 10.00. The molecule has 0 aliphatic carbocycles. The molecule has 6 atom stereocenters. The van der Waals surface area contributed by atoms with Gasteiger partial charge >= 0.3 is 0 Å². The Morgan fingerprint density at radius 1 is 1.27 bits per heavy atom. The van der Waals surface area contributed by atoms with Crippen molar-refractivity contribution in [2.24, 2.45) is 0 Å². The van der Waals surface area contributed by atoms with Gasteiger partial charge in [-0.15, -0.1) is 0 Å². The summed E-state index contributed by atoms with van der Waals surface area (Å²) in [6, 6.07) is 0. The van der Waals surface area contributed by atoms with E-state index in [1.807, 2.05) is 0 Å². The van der Waals surface area contributed by atoms with E-state index in [1.165, 1.54) is 0 Å². The highest BCUT2D eigenvalue weighted by Gasteiger charge is 2.52. The van der Waals surface area contributed by atoms with Crippen molar-refractivity contribution in [2.45, 2.75) is 30.7 Å². The number of hydrogen-bond acceptors (Lipinski definition) is 8. The van der Waals surface area contributed by atoms with Gasteiger partial charge in [0.2, 0.25) is 0 Å². The van der Waals surface area contributed by atoms with Gasteiger partial charge < -0.3 is 29.5 Å². The third-order valence-corrected chi connectivity index (χ3v) is 3.28. The zero-order valence-electron chi connectivity index (χ0n) is 7.42. The molecule has 2 fully saturated rings. The molecule has 0 bridgehead atoms. The number of rotatable bonds is 1. The molecule has 3 N–H and O–H groups in total. The van der Waals surface area contributed by atoms with Crippen molar-refractivity contribution in [2.75, 3.05) is 6.61 Å². The third-order valence-electron chi connectivity index (χ3n) is 2.31. The van der Waals surface area contributed by atoms with Gasteiger partial charge in [-0.05, 0) is 0 Å². The first-order valence-corrected chi connectivity index (χ1v) is 5.71. The van der Waals surface area contributed by atoms with Crippen LogP contribution in [-0.4, -0.2) is 52.6 Å². The zero-order valence-corrected chi connectivity index (χ0v) is 8.32. The largest absolute Gasteiger partial charge is 0.756 e. The van der Waals surface area contributed by atoms with Crippen LogP contribution in [0.2, 0.25) is 0 Å². The van der Waals surface area contributed by atoms with Crippen molar-refractivity contribution < 1.29 is 38.6 Å². The summed E-state index contributed by atoms with van der Waals surface area (Å²) in [6.07, 6.45) is -6.60. The second kappa shape index (κ2) is 3.76. The van der Waals surface area contributed by atoms with Crippen molar-refractivity contribution in [1.29, 1.82) is 0 Å². The van der Waals surface area contributed by atoms with Crippen LogP contribution in [0.1, 0.15) is 0 Å². The van der Waals surface area contributed by atoms with Gasteiger partial charge in [0.05, 0.1) is 6.61 Å². The molecular weight excluding hydrogens is 231 g/mol. The number of phosphoric acid groups is 1. The number of ether oxygens (including phenoxy) is 1. The van der Waals surface area contributed by atoms with Crippen molar-refractivity contribution in [3.63, 3.8) is 0 Å². The highest BCUT2D eigenvalue weighted by atomic mass is 31.2. The Bertz CT molecular complexity index is 295. The van der Waals surface area contributed by atoms with Crippen LogP contribution in [0.4, 0.5) is 0 Å². The lowest BCUT2D eigenvalue weighted by molar-refractivity contribution is -0.252. The fraction of sp³-hybridized carbons (Fsp3) is 1.00. The number of fused-ring (bicyclic) bond motifs is 1. The highest BCUT2D eigenvalue weighted by molar-refractivity contribution is 7.46. The van der Waals surface area contributed by atoms with Crippen LogP contribution in [0.25, 0.3) is 0 Å². The van der Waals surface area contributed by atoms with E-state index in [-0.39, 0.29) is 0 Å². The predicted molar refractivity (Wildman–Crippen MR) is 41.3 cm³/mol. The van der Waals surface area contributed by atoms with E-state index in [1.54, 1.807) is 0 Å². The summed E-state index contributed by atoms with van der Waals surface area (Å²) in [4.78, 5) is 10.9. The van der Waals surface area contributed by atoms with Gasteiger partial charge in [-0.25, -0.2) is 0 Å². The molecule has 15 heavy (non-hydrogen) atoms. The Morgan fingerprint density at radius 3 is 2.53 bits per heavy atom. The lowest BCUT2D eigenvalue weighted by Gasteiger charge is -2.36. The fourth-order valence-corrected chi connectivity index (χ4v) is 2.55. The highest BCUT2D eigenvalue weighted by Crippen LogP contribution is 2.51. The molecule has 0 amide bonds. The molecule has 0 aromatic carbocycles. The molecule has 0 spiro atoms. The third kappa shape index (κ3) is 1.95. The smallest absolute Gasteiger partial charge is 0.270 e. The van der Waals surface area contributed by atoms with E-state index in [0.29, 0.717) is 0 Å². The van der Waals surface area contributed by atoms with Gasteiger partial charge in [-0.2, -0.15) is 0 Å². The number of hydrogen-bond donors (Lipinski definition) is 3. The van der Waals surface area contributed by atoms with Gasteiger partial charge in [0, 0.05) is 0 Å². The molecule has 2 aliphatic rings. The number of aliphatic hydroxyl groups excluding tert-OH is 3. The summed E-state index contributed by atoms with van der Waals surface area (Å²) in [5, 5.41) is 27.7. The quantitative estimate of drug-likeness (QED) is 0.423. The molecule has 2 rings (SSSR count). The minimum atomic E-state index is -4.48. The van der Waals surface area contributed by atoms with E-state index in [9.17, 15) is 19.7 Å². The summed E-state index contributed by atoms with van der Waals surface area (Å²) < 4.78 is 24.6. The summed E-state index contributed by atoms with van der Waals surface area (Å²) in [5.41, 5.74) is 0. The summed E-state index contributed by atoms with van der Waals surface area (Å²) in [7, 11) is -4.48. The maximum atomic E-state index is 10.9. The Labute approximate surface area is 84.6 Å². The topological polar surface area (TPSA) is 129 Å². The molecule has 88 valence electrons. The maximum Gasteiger partial charge on any atom is 0.270 e. The number of phosphoric ester groups is 1. The molecule has 0 aromatic rings. The van der Waals surface area contributed by atoms with Crippen molar-refractivity contribution >= 4 is 7.82 Å². The fourth-order valence-electron chi connectivity index (χ4n) is 1.55. The van der Waals surface area contributed by atoms with Gasteiger partial charge in [0.25, 0.3) is 7.82 Å². The molecule has 2 saturated heterocycles. The summed E-state index contributed by atoms with van der Waals surface area (Å²) >= 11 is 0.